The Kier molecular flexibility index (Phi) is 6.79. The number of ether oxygens (including phenoxy) is 3. The van der Waals surface area contributed by atoms with Crippen LogP contribution >= 0.6 is 0 Å². The fourth-order valence-electron chi connectivity index (χ4n) is 2.60. The van der Waals surface area contributed by atoms with Crippen LogP contribution in [0.2, 0.25) is 0 Å². The molecule has 0 saturated heterocycles. The number of aromatic nitrogens is 2. The molecule has 1 aromatic heterocycles. The van der Waals surface area contributed by atoms with Crippen LogP contribution in [0, 0.1) is 5.82 Å². The highest BCUT2D eigenvalue weighted by atomic mass is 19.1. The molecule has 0 amide bonds. The van der Waals surface area contributed by atoms with Crippen LogP contribution in [-0.4, -0.2) is 29.9 Å². The van der Waals surface area contributed by atoms with Gasteiger partial charge in [0.2, 0.25) is 5.89 Å². The van der Waals surface area contributed by atoms with E-state index < -0.39 is 12.1 Å². The van der Waals surface area contributed by atoms with Gasteiger partial charge in [0, 0.05) is 11.6 Å². The lowest BCUT2D eigenvalue weighted by atomic mass is 10.2. The van der Waals surface area contributed by atoms with Crippen molar-refractivity contribution in [2.75, 3.05) is 13.7 Å². The number of nitrogens with zero attached hydrogens (tertiary/aromatic N) is 2. The Labute approximate surface area is 173 Å². The first-order valence-corrected chi connectivity index (χ1v) is 9.29. The number of hydrogen-bond donors (Lipinski definition) is 0. The van der Waals surface area contributed by atoms with E-state index in [9.17, 15) is 9.18 Å². The molecule has 30 heavy (non-hydrogen) atoms. The number of carbonyl (C=O) groups excluding carboxylic acids is 1. The molecule has 3 rings (SSSR count). The Balaban J connectivity index is 1.62. The van der Waals surface area contributed by atoms with Crippen molar-refractivity contribution in [3.05, 3.63) is 65.8 Å². The van der Waals surface area contributed by atoms with Gasteiger partial charge in [0.05, 0.1) is 13.7 Å². The van der Waals surface area contributed by atoms with Crippen LogP contribution in [0.25, 0.3) is 17.5 Å². The lowest BCUT2D eigenvalue weighted by Crippen LogP contribution is -2.06. The first-order chi connectivity index (χ1) is 14.5. The van der Waals surface area contributed by atoms with E-state index in [1.54, 1.807) is 38.3 Å². The zero-order valence-electron chi connectivity index (χ0n) is 16.8. The minimum Gasteiger partial charge on any atom is -0.493 e. The predicted molar refractivity (Wildman–Crippen MR) is 107 cm³/mol. The molecular weight excluding hydrogens is 391 g/mol. The van der Waals surface area contributed by atoms with Crippen molar-refractivity contribution in [3.8, 4) is 23.0 Å². The second kappa shape index (κ2) is 9.69. The molecule has 0 aliphatic carbocycles. The highest BCUT2D eigenvalue weighted by Gasteiger charge is 2.18. The second-order valence-electron chi connectivity index (χ2n) is 6.21. The molecular formula is C22H21FN2O5. The SMILES string of the molecule is CCOc1ccc(/C=C/C(=O)O[C@@H](C)c2nnc(-c3ccc(F)cc3)o2)cc1OC. The van der Waals surface area contributed by atoms with Crippen molar-refractivity contribution < 1.29 is 27.8 Å². The first-order valence-electron chi connectivity index (χ1n) is 9.29. The summed E-state index contributed by atoms with van der Waals surface area (Å²) < 4.78 is 34.6. The van der Waals surface area contributed by atoms with E-state index in [1.165, 1.54) is 30.3 Å². The summed E-state index contributed by atoms with van der Waals surface area (Å²) in [7, 11) is 1.55. The monoisotopic (exact) mass is 412 g/mol. The zero-order valence-corrected chi connectivity index (χ0v) is 16.8. The van der Waals surface area contributed by atoms with Crippen molar-refractivity contribution in [2.24, 2.45) is 0 Å². The maximum atomic E-state index is 13.0. The minimum absolute atomic E-state index is 0.138. The minimum atomic E-state index is -0.751. The van der Waals surface area contributed by atoms with Gasteiger partial charge in [0.1, 0.15) is 5.82 Å². The fourth-order valence-corrected chi connectivity index (χ4v) is 2.60. The second-order valence-corrected chi connectivity index (χ2v) is 6.21. The van der Waals surface area contributed by atoms with E-state index in [0.717, 1.165) is 5.56 Å². The average molecular weight is 412 g/mol. The van der Waals surface area contributed by atoms with Crippen molar-refractivity contribution >= 4 is 12.0 Å². The number of rotatable bonds is 8. The van der Waals surface area contributed by atoms with Gasteiger partial charge in [0.15, 0.2) is 17.6 Å². The molecule has 0 bridgehead atoms. The predicted octanol–water partition coefficient (Wildman–Crippen LogP) is 4.60. The van der Waals surface area contributed by atoms with E-state index in [0.29, 0.717) is 23.7 Å². The van der Waals surface area contributed by atoms with Crippen LogP contribution in [-0.2, 0) is 9.53 Å². The Morgan fingerprint density at radius 2 is 1.93 bits per heavy atom. The topological polar surface area (TPSA) is 83.7 Å². The molecule has 0 saturated carbocycles. The summed E-state index contributed by atoms with van der Waals surface area (Å²) in [5.74, 6) is 0.611. The van der Waals surface area contributed by atoms with Crippen molar-refractivity contribution in [3.63, 3.8) is 0 Å². The number of hydrogen-bond acceptors (Lipinski definition) is 7. The van der Waals surface area contributed by atoms with Gasteiger partial charge < -0.3 is 18.6 Å². The molecule has 0 spiro atoms. The summed E-state index contributed by atoms with van der Waals surface area (Å²) in [5.41, 5.74) is 1.31. The molecule has 0 aliphatic heterocycles. The smallest absolute Gasteiger partial charge is 0.331 e. The molecule has 0 N–H and O–H groups in total. The average Bonchev–Trinajstić information content (AvgIpc) is 3.24. The number of methoxy groups -OCH3 is 1. The molecule has 8 heteroatoms. The van der Waals surface area contributed by atoms with E-state index in [-0.39, 0.29) is 17.6 Å². The summed E-state index contributed by atoms with van der Waals surface area (Å²) in [6.45, 7) is 4.03. The maximum absolute atomic E-state index is 13.0. The van der Waals surface area contributed by atoms with E-state index in [2.05, 4.69) is 10.2 Å². The van der Waals surface area contributed by atoms with Crippen molar-refractivity contribution in [1.29, 1.82) is 0 Å². The molecule has 0 aliphatic rings. The Hall–Kier alpha value is -3.68. The summed E-state index contributed by atoms with van der Waals surface area (Å²) in [4.78, 5) is 12.1. The highest BCUT2D eigenvalue weighted by Crippen LogP contribution is 2.28. The molecule has 2 aromatic carbocycles. The van der Waals surface area contributed by atoms with Gasteiger partial charge in [-0.3, -0.25) is 0 Å². The highest BCUT2D eigenvalue weighted by molar-refractivity contribution is 5.87. The number of halogens is 1. The number of benzene rings is 2. The molecule has 0 radical (unpaired) electrons. The lowest BCUT2D eigenvalue weighted by molar-refractivity contribution is -0.143. The summed E-state index contributed by atoms with van der Waals surface area (Å²) >= 11 is 0. The van der Waals surface area contributed by atoms with Crippen LogP contribution in [0.15, 0.2) is 53.0 Å². The van der Waals surface area contributed by atoms with Crippen molar-refractivity contribution in [2.45, 2.75) is 20.0 Å². The standard InChI is InChI=1S/C22H21FN2O5/c1-4-28-18-11-5-15(13-19(18)27-3)6-12-20(26)29-14(2)21-24-25-22(30-21)16-7-9-17(23)10-8-16/h5-14H,4H2,1-3H3/b12-6+/t14-/m0/s1. The lowest BCUT2D eigenvalue weighted by Gasteiger charge is -2.09. The molecule has 0 unspecified atom stereocenters. The summed E-state index contributed by atoms with van der Waals surface area (Å²) in [6, 6.07) is 11.0. The van der Waals surface area contributed by atoms with Gasteiger partial charge in [-0.25, -0.2) is 9.18 Å². The van der Waals surface area contributed by atoms with Crippen LogP contribution in [0.5, 0.6) is 11.5 Å². The third kappa shape index (κ3) is 5.22. The fraction of sp³-hybridized carbons (Fsp3) is 0.227. The number of esters is 1. The van der Waals surface area contributed by atoms with Gasteiger partial charge in [0.25, 0.3) is 5.89 Å². The van der Waals surface area contributed by atoms with Gasteiger partial charge in [-0.15, -0.1) is 10.2 Å². The first kappa shape index (κ1) is 21.0. The quantitative estimate of drug-likeness (QED) is 0.395. The van der Waals surface area contributed by atoms with E-state index in [1.807, 2.05) is 6.92 Å². The molecule has 7 nitrogen and oxygen atoms in total. The molecule has 1 atom stereocenters. The number of carbonyl (C=O) groups is 1. The van der Waals surface area contributed by atoms with Crippen LogP contribution in [0.3, 0.4) is 0 Å². The molecule has 0 fully saturated rings. The van der Waals surface area contributed by atoms with E-state index >= 15 is 0 Å². The maximum Gasteiger partial charge on any atom is 0.331 e. The molecule has 156 valence electrons. The summed E-state index contributed by atoms with van der Waals surface area (Å²) in [5, 5.41) is 7.80. The Morgan fingerprint density at radius 3 is 2.63 bits per heavy atom. The third-order valence-electron chi connectivity index (χ3n) is 4.07. The van der Waals surface area contributed by atoms with Gasteiger partial charge >= 0.3 is 5.97 Å². The molecule has 1 heterocycles. The third-order valence-corrected chi connectivity index (χ3v) is 4.07. The largest absolute Gasteiger partial charge is 0.493 e. The zero-order chi connectivity index (χ0) is 21.5. The summed E-state index contributed by atoms with van der Waals surface area (Å²) in [6.07, 6.45) is 2.15. The van der Waals surface area contributed by atoms with Crippen LogP contribution < -0.4 is 9.47 Å². The van der Waals surface area contributed by atoms with Crippen molar-refractivity contribution in [1.82, 2.24) is 10.2 Å². The van der Waals surface area contributed by atoms with Gasteiger partial charge in [-0.05, 0) is 61.9 Å². The Bertz CT molecular complexity index is 1030. The van der Waals surface area contributed by atoms with E-state index in [4.69, 9.17) is 18.6 Å². The Morgan fingerprint density at radius 1 is 1.17 bits per heavy atom. The van der Waals surface area contributed by atoms with Gasteiger partial charge in [-0.2, -0.15) is 0 Å². The van der Waals surface area contributed by atoms with Gasteiger partial charge in [-0.1, -0.05) is 6.07 Å². The molecule has 3 aromatic rings. The van der Waals surface area contributed by atoms with Crippen LogP contribution in [0.4, 0.5) is 4.39 Å². The van der Waals surface area contributed by atoms with Crippen LogP contribution in [0.1, 0.15) is 31.4 Å². The normalized spacial score (nSPS) is 12.0.